The molecule has 0 spiro atoms. The summed E-state index contributed by atoms with van der Waals surface area (Å²) in [7, 11) is 0. The average Bonchev–Trinajstić information content (AvgIpc) is 2.98. The van der Waals surface area contributed by atoms with Gasteiger partial charge in [-0.25, -0.2) is 4.79 Å². The molecule has 25 heavy (non-hydrogen) atoms. The number of aromatic nitrogens is 2. The number of nitrogens with zero attached hydrogens (tertiary/aromatic N) is 1. The van der Waals surface area contributed by atoms with Crippen molar-refractivity contribution in [3.05, 3.63) is 62.9 Å². The first-order valence-corrected chi connectivity index (χ1v) is 8.05. The van der Waals surface area contributed by atoms with Crippen LogP contribution in [0.5, 0.6) is 5.75 Å². The first-order chi connectivity index (χ1) is 12.1. The highest BCUT2D eigenvalue weighted by atomic mass is 16.5. The molecular weight excluding hydrogens is 328 g/mol. The normalized spacial score (nSPS) is 22.9. The number of hydrogen-bond acceptors (Lipinski definition) is 6. The molecule has 8 nitrogen and oxygen atoms in total. The molecule has 2 heterocycles. The van der Waals surface area contributed by atoms with Crippen molar-refractivity contribution in [2.24, 2.45) is 0 Å². The van der Waals surface area contributed by atoms with Gasteiger partial charge in [0.2, 0.25) is 5.75 Å². The molecule has 0 unspecified atom stereocenters. The van der Waals surface area contributed by atoms with Gasteiger partial charge in [-0.2, -0.15) is 0 Å². The highest BCUT2D eigenvalue weighted by Crippen LogP contribution is 2.27. The van der Waals surface area contributed by atoms with Gasteiger partial charge in [0.1, 0.15) is 12.3 Å². The lowest BCUT2D eigenvalue weighted by atomic mass is 10.2. The Labute approximate surface area is 143 Å². The topological polar surface area (TPSA) is 114 Å². The van der Waals surface area contributed by atoms with E-state index in [-0.39, 0.29) is 25.4 Å². The fourth-order valence-corrected chi connectivity index (χ4v) is 2.76. The lowest BCUT2D eigenvalue weighted by molar-refractivity contribution is -0.0461. The summed E-state index contributed by atoms with van der Waals surface area (Å²) in [6, 6.07) is 9.67. The molecule has 8 heteroatoms. The number of aliphatic hydroxyl groups excluding tert-OH is 2. The second-order valence-corrected chi connectivity index (χ2v) is 5.86. The molecule has 0 aliphatic carbocycles. The standard InChI is InChI=1S/C17H20N2O6/c20-10-14-12(21)8-15(25-14)19-9-13(16(22)18-17(19)23)24-7-6-11-4-2-1-3-5-11/h1-5,9,12,14-15,20-21H,6-8,10H2,(H,18,22,23)/t12-,14+,15+/m1/s1. The van der Waals surface area contributed by atoms with E-state index in [4.69, 9.17) is 14.6 Å². The summed E-state index contributed by atoms with van der Waals surface area (Å²) < 4.78 is 12.1. The van der Waals surface area contributed by atoms with Crippen molar-refractivity contribution in [1.82, 2.24) is 9.55 Å². The Bertz CT molecular complexity index is 816. The minimum absolute atomic E-state index is 0.000990. The van der Waals surface area contributed by atoms with Crippen molar-refractivity contribution in [1.29, 1.82) is 0 Å². The van der Waals surface area contributed by atoms with Crippen molar-refractivity contribution < 1.29 is 19.7 Å². The molecule has 0 amide bonds. The molecule has 1 aliphatic heterocycles. The third-order valence-corrected chi connectivity index (χ3v) is 4.12. The number of aliphatic hydroxyl groups is 2. The zero-order valence-electron chi connectivity index (χ0n) is 13.5. The van der Waals surface area contributed by atoms with Crippen LogP contribution in [-0.4, -0.2) is 45.2 Å². The van der Waals surface area contributed by atoms with Crippen LogP contribution < -0.4 is 16.0 Å². The van der Waals surface area contributed by atoms with Crippen LogP contribution in [0.2, 0.25) is 0 Å². The Morgan fingerprint density at radius 1 is 1.28 bits per heavy atom. The van der Waals surface area contributed by atoms with Crippen LogP contribution in [-0.2, 0) is 11.2 Å². The first-order valence-electron chi connectivity index (χ1n) is 8.05. The number of rotatable bonds is 6. The first kappa shape index (κ1) is 17.4. The van der Waals surface area contributed by atoms with Crippen LogP contribution in [0.15, 0.2) is 46.1 Å². The minimum atomic E-state index is -0.878. The van der Waals surface area contributed by atoms with Crippen LogP contribution in [0.4, 0.5) is 0 Å². The summed E-state index contributed by atoms with van der Waals surface area (Å²) in [5, 5.41) is 18.9. The number of aromatic amines is 1. The van der Waals surface area contributed by atoms with E-state index in [1.165, 1.54) is 6.20 Å². The van der Waals surface area contributed by atoms with Crippen LogP contribution in [0.25, 0.3) is 0 Å². The van der Waals surface area contributed by atoms with E-state index in [1.807, 2.05) is 30.3 Å². The highest BCUT2D eigenvalue weighted by molar-refractivity contribution is 5.16. The minimum Gasteiger partial charge on any atom is -0.486 e. The Morgan fingerprint density at radius 3 is 2.72 bits per heavy atom. The van der Waals surface area contributed by atoms with Crippen LogP contribution >= 0.6 is 0 Å². The molecule has 1 aromatic carbocycles. The van der Waals surface area contributed by atoms with Gasteiger partial charge in [0, 0.05) is 12.8 Å². The summed E-state index contributed by atoms with van der Waals surface area (Å²) in [4.78, 5) is 26.1. The molecular formula is C17H20N2O6. The molecule has 1 fully saturated rings. The SMILES string of the molecule is O=c1[nH]c(=O)n([C@@H]2C[C@@H](O)[C@H](CO)O2)cc1OCCc1ccccc1. The van der Waals surface area contributed by atoms with Gasteiger partial charge in [-0.15, -0.1) is 0 Å². The van der Waals surface area contributed by atoms with Gasteiger partial charge in [-0.1, -0.05) is 30.3 Å². The predicted molar refractivity (Wildman–Crippen MR) is 88.6 cm³/mol. The van der Waals surface area contributed by atoms with Gasteiger partial charge >= 0.3 is 5.69 Å². The molecule has 134 valence electrons. The fourth-order valence-electron chi connectivity index (χ4n) is 2.76. The summed E-state index contributed by atoms with van der Waals surface area (Å²) in [6.45, 7) is -0.0745. The zero-order chi connectivity index (χ0) is 17.8. The van der Waals surface area contributed by atoms with Crippen molar-refractivity contribution in [2.75, 3.05) is 13.2 Å². The summed E-state index contributed by atoms with van der Waals surface area (Å²) in [5.74, 6) is 0.000990. The Hall–Kier alpha value is -2.42. The third kappa shape index (κ3) is 3.98. The van der Waals surface area contributed by atoms with Crippen molar-refractivity contribution in [3.63, 3.8) is 0 Å². The third-order valence-electron chi connectivity index (χ3n) is 4.12. The van der Waals surface area contributed by atoms with Crippen LogP contribution in [0.1, 0.15) is 18.2 Å². The second-order valence-electron chi connectivity index (χ2n) is 5.86. The van der Waals surface area contributed by atoms with E-state index < -0.39 is 29.7 Å². The number of ether oxygens (including phenoxy) is 2. The smallest absolute Gasteiger partial charge is 0.330 e. The monoisotopic (exact) mass is 348 g/mol. The molecule has 3 atom stereocenters. The Kier molecular flexibility index (Phi) is 5.32. The maximum absolute atomic E-state index is 12.0. The molecule has 3 rings (SSSR count). The summed E-state index contributed by atoms with van der Waals surface area (Å²) in [6.07, 6.45) is -0.371. The molecule has 0 radical (unpaired) electrons. The van der Waals surface area contributed by atoms with Crippen LogP contribution in [0.3, 0.4) is 0 Å². The number of benzene rings is 1. The van der Waals surface area contributed by atoms with Crippen molar-refractivity contribution in [2.45, 2.75) is 31.3 Å². The van der Waals surface area contributed by atoms with E-state index >= 15 is 0 Å². The lowest BCUT2D eigenvalue weighted by Crippen LogP contribution is -2.33. The van der Waals surface area contributed by atoms with E-state index in [0.29, 0.717) is 6.42 Å². The maximum Gasteiger partial charge on any atom is 0.330 e. The molecule has 1 aliphatic rings. The van der Waals surface area contributed by atoms with Gasteiger partial charge in [-0.3, -0.25) is 14.3 Å². The van der Waals surface area contributed by atoms with Gasteiger partial charge < -0.3 is 19.7 Å². The molecule has 1 aromatic heterocycles. The van der Waals surface area contributed by atoms with E-state index in [9.17, 15) is 14.7 Å². The predicted octanol–water partition coefficient (Wildman–Crippen LogP) is -0.201. The number of H-pyrrole nitrogens is 1. The molecule has 3 N–H and O–H groups in total. The zero-order valence-corrected chi connectivity index (χ0v) is 13.5. The van der Waals surface area contributed by atoms with Gasteiger partial charge in [0.25, 0.3) is 5.56 Å². The summed E-state index contributed by atoms with van der Waals surface area (Å²) in [5.41, 5.74) is -0.206. The molecule has 0 saturated carbocycles. The molecule has 2 aromatic rings. The van der Waals surface area contributed by atoms with E-state index in [0.717, 1.165) is 10.1 Å². The lowest BCUT2D eigenvalue weighted by Gasteiger charge is -2.15. The second kappa shape index (κ2) is 7.64. The number of hydrogen-bond donors (Lipinski definition) is 3. The fraction of sp³-hybridized carbons (Fsp3) is 0.412. The maximum atomic E-state index is 12.0. The van der Waals surface area contributed by atoms with E-state index in [1.54, 1.807) is 0 Å². The average molecular weight is 348 g/mol. The Morgan fingerprint density at radius 2 is 2.04 bits per heavy atom. The number of nitrogens with one attached hydrogen (secondary N) is 1. The van der Waals surface area contributed by atoms with Crippen molar-refractivity contribution in [3.8, 4) is 5.75 Å². The highest BCUT2D eigenvalue weighted by Gasteiger charge is 2.35. The molecule has 0 bridgehead atoms. The quantitative estimate of drug-likeness (QED) is 0.666. The van der Waals surface area contributed by atoms with E-state index in [2.05, 4.69) is 4.98 Å². The van der Waals surface area contributed by atoms with Crippen molar-refractivity contribution >= 4 is 0 Å². The Balaban J connectivity index is 1.72. The largest absolute Gasteiger partial charge is 0.486 e. The van der Waals surface area contributed by atoms with Gasteiger partial charge in [0.05, 0.1) is 25.5 Å². The van der Waals surface area contributed by atoms with Gasteiger partial charge in [0.15, 0.2) is 0 Å². The molecule has 1 saturated heterocycles. The summed E-state index contributed by atoms with van der Waals surface area (Å²) >= 11 is 0. The van der Waals surface area contributed by atoms with Crippen LogP contribution in [0, 0.1) is 0 Å². The van der Waals surface area contributed by atoms with Gasteiger partial charge in [-0.05, 0) is 5.56 Å².